The summed E-state index contributed by atoms with van der Waals surface area (Å²) < 4.78 is 0. The number of thioether (sulfide) groups is 1. The molecule has 3 heteroatoms. The van der Waals surface area contributed by atoms with Crippen LogP contribution < -0.4 is 0 Å². The molecule has 2 rings (SSSR count). The molecule has 0 amide bonds. The number of carbonyl (C=O) groups excluding carboxylic acids is 1. The molecule has 0 saturated heterocycles. The first kappa shape index (κ1) is 9.99. The fourth-order valence-electron chi connectivity index (χ4n) is 1.42. The van der Waals surface area contributed by atoms with Gasteiger partial charge in [-0.1, -0.05) is 27.6 Å². The molecule has 0 aliphatic carbocycles. The van der Waals surface area contributed by atoms with Crippen molar-refractivity contribution in [3.8, 4) is 0 Å². The van der Waals surface area contributed by atoms with Gasteiger partial charge in [0.25, 0.3) is 0 Å². The van der Waals surface area contributed by atoms with Crippen LogP contribution in [0.1, 0.15) is 15.9 Å². The highest BCUT2D eigenvalue weighted by molar-refractivity contribution is 9.11. The number of hydrogen-bond acceptors (Lipinski definition) is 2. The normalized spacial score (nSPS) is 18.4. The summed E-state index contributed by atoms with van der Waals surface area (Å²) in [5, 5.41) is 0. The zero-order valence-corrected chi connectivity index (χ0v) is 10.1. The average molecular weight is 269 g/mol. The summed E-state index contributed by atoms with van der Waals surface area (Å²) in [5.41, 5.74) is 2.81. The Labute approximate surface area is 95.7 Å². The molecule has 0 saturated carbocycles. The van der Waals surface area contributed by atoms with Gasteiger partial charge in [-0.2, -0.15) is 0 Å². The third-order valence-corrected chi connectivity index (χ3v) is 3.86. The molecule has 0 N–H and O–H groups in total. The van der Waals surface area contributed by atoms with Crippen molar-refractivity contribution in [3.05, 3.63) is 39.9 Å². The Balaban J connectivity index is 2.54. The van der Waals surface area contributed by atoms with Gasteiger partial charge in [0.15, 0.2) is 5.78 Å². The Morgan fingerprint density at radius 1 is 1.50 bits per heavy atom. The number of rotatable bonds is 0. The molecular formula is C11H9BrOS. The van der Waals surface area contributed by atoms with Crippen LogP contribution in [0.15, 0.2) is 33.7 Å². The SMILES string of the molecule is Cc1ccc2c(c1)C(=O)C(=CBr)CS2. The summed E-state index contributed by atoms with van der Waals surface area (Å²) in [7, 11) is 0. The molecule has 1 heterocycles. The number of Topliss-reactive ketones (excluding diaryl/α,β-unsaturated/α-hetero) is 1. The van der Waals surface area contributed by atoms with Crippen molar-refractivity contribution < 1.29 is 4.79 Å². The minimum Gasteiger partial charge on any atom is -0.289 e. The fraction of sp³-hybridized carbons (Fsp3) is 0.182. The van der Waals surface area contributed by atoms with E-state index in [4.69, 9.17) is 0 Å². The van der Waals surface area contributed by atoms with Gasteiger partial charge >= 0.3 is 0 Å². The predicted octanol–water partition coefficient (Wildman–Crippen LogP) is 3.56. The summed E-state index contributed by atoms with van der Waals surface area (Å²) in [6, 6.07) is 6.03. The Morgan fingerprint density at radius 2 is 2.29 bits per heavy atom. The van der Waals surface area contributed by atoms with Crippen LogP contribution in [0.3, 0.4) is 0 Å². The van der Waals surface area contributed by atoms with Crippen LogP contribution in [0.2, 0.25) is 0 Å². The van der Waals surface area contributed by atoms with Crippen LogP contribution in [0.25, 0.3) is 0 Å². The molecule has 1 aromatic rings. The van der Waals surface area contributed by atoms with E-state index >= 15 is 0 Å². The summed E-state index contributed by atoms with van der Waals surface area (Å²) >= 11 is 4.94. The van der Waals surface area contributed by atoms with Gasteiger partial charge in [-0.25, -0.2) is 0 Å². The highest BCUT2D eigenvalue weighted by atomic mass is 79.9. The van der Waals surface area contributed by atoms with E-state index < -0.39 is 0 Å². The molecule has 1 aliphatic heterocycles. The Morgan fingerprint density at radius 3 is 3.00 bits per heavy atom. The molecule has 0 spiro atoms. The van der Waals surface area contributed by atoms with Crippen LogP contribution in [0.5, 0.6) is 0 Å². The van der Waals surface area contributed by atoms with Crippen LogP contribution >= 0.6 is 27.7 Å². The van der Waals surface area contributed by atoms with Crippen molar-refractivity contribution in [1.29, 1.82) is 0 Å². The third-order valence-electron chi connectivity index (χ3n) is 2.19. The largest absolute Gasteiger partial charge is 0.289 e. The first-order valence-electron chi connectivity index (χ1n) is 4.30. The van der Waals surface area contributed by atoms with Gasteiger partial charge in [-0.3, -0.25) is 4.79 Å². The molecule has 0 radical (unpaired) electrons. The first-order valence-corrected chi connectivity index (χ1v) is 6.20. The molecule has 1 aliphatic rings. The standard InChI is InChI=1S/C11H9BrOS/c1-7-2-3-10-9(4-7)11(13)8(5-12)6-14-10/h2-5H,6H2,1H3. The van der Waals surface area contributed by atoms with Gasteiger partial charge in [-0.05, 0) is 24.0 Å². The lowest BCUT2D eigenvalue weighted by Gasteiger charge is -2.16. The minimum absolute atomic E-state index is 0.152. The second kappa shape index (κ2) is 3.91. The van der Waals surface area contributed by atoms with E-state index in [0.717, 1.165) is 27.3 Å². The van der Waals surface area contributed by atoms with Gasteiger partial charge < -0.3 is 0 Å². The number of hydrogen-bond donors (Lipinski definition) is 0. The van der Waals surface area contributed by atoms with Gasteiger partial charge in [0, 0.05) is 21.8 Å². The van der Waals surface area contributed by atoms with Crippen LogP contribution in [-0.4, -0.2) is 11.5 Å². The van der Waals surface area contributed by atoms with E-state index in [1.165, 1.54) is 0 Å². The van der Waals surface area contributed by atoms with Crippen molar-refractivity contribution in [1.82, 2.24) is 0 Å². The lowest BCUT2D eigenvalue weighted by Crippen LogP contribution is -2.11. The minimum atomic E-state index is 0.152. The highest BCUT2D eigenvalue weighted by Gasteiger charge is 2.21. The molecule has 1 nitrogen and oxygen atoms in total. The molecule has 0 atom stereocenters. The van der Waals surface area contributed by atoms with Crippen molar-refractivity contribution in [2.75, 3.05) is 5.75 Å². The molecule has 1 aromatic carbocycles. The summed E-state index contributed by atoms with van der Waals surface area (Å²) in [6.45, 7) is 2.00. The highest BCUT2D eigenvalue weighted by Crippen LogP contribution is 2.33. The smallest absolute Gasteiger partial charge is 0.191 e. The van der Waals surface area contributed by atoms with E-state index in [9.17, 15) is 4.79 Å². The van der Waals surface area contributed by atoms with Crippen LogP contribution in [0, 0.1) is 6.92 Å². The van der Waals surface area contributed by atoms with Gasteiger partial charge in [0.05, 0.1) is 0 Å². The Bertz CT molecular complexity index is 423. The van der Waals surface area contributed by atoms with Crippen molar-refractivity contribution in [2.45, 2.75) is 11.8 Å². The lowest BCUT2D eigenvalue weighted by atomic mass is 10.0. The number of ketones is 1. The topological polar surface area (TPSA) is 17.1 Å². The zero-order valence-electron chi connectivity index (χ0n) is 7.71. The van der Waals surface area contributed by atoms with Crippen LogP contribution in [0.4, 0.5) is 0 Å². The number of halogens is 1. The second-order valence-corrected chi connectivity index (χ2v) is 4.73. The molecule has 0 aromatic heterocycles. The molecule has 0 fully saturated rings. The maximum Gasteiger partial charge on any atom is 0.191 e. The first-order chi connectivity index (χ1) is 6.72. The molecule has 72 valence electrons. The second-order valence-electron chi connectivity index (χ2n) is 3.25. The average Bonchev–Trinajstić information content (AvgIpc) is 2.20. The Kier molecular flexibility index (Phi) is 2.79. The maximum absolute atomic E-state index is 11.9. The van der Waals surface area contributed by atoms with E-state index in [0.29, 0.717) is 0 Å². The van der Waals surface area contributed by atoms with Crippen molar-refractivity contribution in [3.63, 3.8) is 0 Å². The number of carbonyl (C=O) groups is 1. The number of benzene rings is 1. The zero-order chi connectivity index (χ0) is 10.1. The van der Waals surface area contributed by atoms with E-state index in [1.54, 1.807) is 16.7 Å². The Hall–Kier alpha value is -0.540. The number of fused-ring (bicyclic) bond motifs is 1. The van der Waals surface area contributed by atoms with Gasteiger partial charge in [0.2, 0.25) is 0 Å². The third kappa shape index (κ3) is 1.66. The maximum atomic E-state index is 11.9. The molecule has 14 heavy (non-hydrogen) atoms. The van der Waals surface area contributed by atoms with Crippen LogP contribution in [-0.2, 0) is 0 Å². The monoisotopic (exact) mass is 268 g/mol. The van der Waals surface area contributed by atoms with E-state index in [-0.39, 0.29) is 5.78 Å². The van der Waals surface area contributed by atoms with Crippen molar-refractivity contribution in [2.24, 2.45) is 0 Å². The van der Waals surface area contributed by atoms with Crippen molar-refractivity contribution >= 4 is 33.5 Å². The fourth-order valence-corrected chi connectivity index (χ4v) is 3.00. The summed E-state index contributed by atoms with van der Waals surface area (Å²) in [4.78, 5) is 14.7. The predicted molar refractivity (Wildman–Crippen MR) is 63.2 cm³/mol. The lowest BCUT2D eigenvalue weighted by molar-refractivity contribution is 0.103. The van der Waals surface area contributed by atoms with Gasteiger partial charge in [-0.15, -0.1) is 11.8 Å². The molecule has 0 unspecified atom stereocenters. The number of aryl methyl sites for hydroxylation is 1. The summed E-state index contributed by atoms with van der Waals surface area (Å²) in [6.07, 6.45) is 0. The van der Waals surface area contributed by atoms with E-state index in [2.05, 4.69) is 15.9 Å². The van der Waals surface area contributed by atoms with Gasteiger partial charge in [0.1, 0.15) is 0 Å². The molecular weight excluding hydrogens is 260 g/mol. The molecule has 0 bridgehead atoms. The summed E-state index contributed by atoms with van der Waals surface area (Å²) in [5.74, 6) is 0.916. The van der Waals surface area contributed by atoms with E-state index in [1.807, 2.05) is 25.1 Å². The quantitative estimate of drug-likeness (QED) is 0.670.